The number of hydrogen-bond donors (Lipinski definition) is 2. The van der Waals surface area contributed by atoms with E-state index in [9.17, 15) is 19.7 Å². The van der Waals surface area contributed by atoms with Gasteiger partial charge < -0.3 is 14.7 Å². The molecule has 0 aliphatic rings. The summed E-state index contributed by atoms with van der Waals surface area (Å²) in [5, 5.41) is 10.1. The highest BCUT2D eigenvalue weighted by Gasteiger charge is 2.10. The Morgan fingerprint density at radius 1 is 1.00 bits per heavy atom. The van der Waals surface area contributed by atoms with E-state index in [4.69, 9.17) is 4.74 Å². The number of rotatable bonds is 2. The molecule has 0 unspecified atom stereocenters. The normalized spacial score (nSPS) is 8.97. The van der Waals surface area contributed by atoms with Gasteiger partial charge in [-0.05, 0) is 59.9 Å². The van der Waals surface area contributed by atoms with Crippen LogP contribution in [0.25, 0.3) is 0 Å². The summed E-state index contributed by atoms with van der Waals surface area (Å²) in [5.41, 5.74) is -1.23. The molecule has 0 fully saturated rings. The quantitative estimate of drug-likeness (QED) is 0.305. The number of aromatic nitrogens is 3. The maximum atomic E-state index is 10.7. The smallest absolute Gasteiger partial charge is 0.334 e. The van der Waals surface area contributed by atoms with Gasteiger partial charge in [-0.15, -0.1) is 17.0 Å². The average molecular weight is 662 g/mol. The van der Waals surface area contributed by atoms with E-state index in [0.717, 1.165) is 15.0 Å². The lowest BCUT2D eigenvalue weighted by atomic mass is 10.4. The SMILES string of the molecule is Br.COc1ccc(Br)cn1.O=c1[nH]cc(Br)cc1[N+](=O)[O-].O=c1ccc(Br)c[nH]1. The van der Waals surface area contributed by atoms with Gasteiger partial charge in [-0.1, -0.05) is 0 Å². The largest absolute Gasteiger partial charge is 0.481 e. The minimum absolute atomic E-state index is 0. The van der Waals surface area contributed by atoms with Crippen LogP contribution >= 0.6 is 64.8 Å². The number of aromatic amines is 2. The number of hydrogen-bond acceptors (Lipinski definition) is 6. The molecule has 156 valence electrons. The Labute approximate surface area is 200 Å². The van der Waals surface area contributed by atoms with Crippen LogP contribution in [0.3, 0.4) is 0 Å². The van der Waals surface area contributed by atoms with Crippen LogP contribution in [0.15, 0.2) is 71.9 Å². The minimum Gasteiger partial charge on any atom is -0.481 e. The number of ether oxygens (including phenoxy) is 1. The Morgan fingerprint density at radius 2 is 1.62 bits per heavy atom. The summed E-state index contributed by atoms with van der Waals surface area (Å²) in [6.45, 7) is 0. The van der Waals surface area contributed by atoms with Crippen LogP contribution in [-0.4, -0.2) is 27.0 Å². The van der Waals surface area contributed by atoms with Crippen molar-refractivity contribution in [2.45, 2.75) is 0 Å². The molecule has 0 saturated heterocycles. The molecule has 0 spiro atoms. The standard InChI is InChI=1S/C6H6BrNO.C5H3BrN2O3.C5H4BrNO.BrH/c1-9-6-3-2-5(7)4-8-6;6-3-1-4(8(10)11)5(9)7-2-3;6-4-1-2-5(8)7-3-4;/h2-4H,1H3;1-2H,(H,7,9);1-3H,(H,7,8);1H. The van der Waals surface area contributed by atoms with Crippen LogP contribution in [0.4, 0.5) is 5.69 Å². The summed E-state index contributed by atoms with van der Waals surface area (Å²) < 4.78 is 7.16. The highest BCUT2D eigenvalue weighted by molar-refractivity contribution is 9.11. The van der Waals surface area contributed by atoms with Gasteiger partial charge in [0.25, 0.3) is 0 Å². The van der Waals surface area contributed by atoms with Gasteiger partial charge in [-0.2, -0.15) is 0 Å². The molecule has 0 saturated carbocycles. The molecule has 0 bridgehead atoms. The van der Waals surface area contributed by atoms with Crippen LogP contribution in [0.2, 0.25) is 0 Å². The van der Waals surface area contributed by atoms with Crippen LogP contribution in [0.1, 0.15) is 0 Å². The van der Waals surface area contributed by atoms with Crippen LogP contribution in [0.5, 0.6) is 5.88 Å². The Morgan fingerprint density at radius 3 is 2.03 bits per heavy atom. The molecule has 3 heterocycles. The zero-order chi connectivity index (χ0) is 21.1. The summed E-state index contributed by atoms with van der Waals surface area (Å²) in [4.78, 5) is 39.1. The molecule has 29 heavy (non-hydrogen) atoms. The van der Waals surface area contributed by atoms with Crippen molar-refractivity contribution in [3.8, 4) is 5.88 Å². The summed E-state index contributed by atoms with van der Waals surface area (Å²) in [5.74, 6) is 0.637. The Balaban J connectivity index is 0.000000404. The fourth-order valence-corrected chi connectivity index (χ4v) is 2.27. The first-order valence-electron chi connectivity index (χ1n) is 7.25. The Hall–Kier alpha value is -1.83. The van der Waals surface area contributed by atoms with Crippen LogP contribution in [0, 0.1) is 10.1 Å². The lowest BCUT2D eigenvalue weighted by Gasteiger charge is -1.94. The zero-order valence-electron chi connectivity index (χ0n) is 14.6. The monoisotopic (exact) mass is 658 g/mol. The second-order valence-electron chi connectivity index (χ2n) is 4.68. The third-order valence-electron chi connectivity index (χ3n) is 2.70. The van der Waals surface area contributed by atoms with E-state index in [1.54, 1.807) is 31.6 Å². The van der Waals surface area contributed by atoms with Gasteiger partial charge in [-0.25, -0.2) is 4.98 Å². The molecule has 0 radical (unpaired) electrons. The predicted molar refractivity (Wildman–Crippen MR) is 125 cm³/mol. The van der Waals surface area contributed by atoms with Gasteiger partial charge in [0.1, 0.15) is 0 Å². The fourth-order valence-electron chi connectivity index (χ4n) is 1.46. The summed E-state index contributed by atoms with van der Waals surface area (Å²) >= 11 is 9.42. The van der Waals surface area contributed by atoms with E-state index in [2.05, 4.69) is 62.7 Å². The van der Waals surface area contributed by atoms with Crippen molar-refractivity contribution >= 4 is 70.5 Å². The van der Waals surface area contributed by atoms with E-state index in [1.807, 2.05) is 6.07 Å². The van der Waals surface area contributed by atoms with E-state index in [-0.39, 0.29) is 22.5 Å². The highest BCUT2D eigenvalue weighted by atomic mass is 79.9. The zero-order valence-corrected chi connectivity index (χ0v) is 21.1. The van der Waals surface area contributed by atoms with Crippen molar-refractivity contribution < 1.29 is 9.66 Å². The maximum Gasteiger partial charge on any atom is 0.334 e. The van der Waals surface area contributed by atoms with Gasteiger partial charge in [0.05, 0.1) is 12.0 Å². The predicted octanol–water partition coefficient (Wildman–Crippen LogP) is 4.61. The van der Waals surface area contributed by atoms with Crippen molar-refractivity contribution in [1.82, 2.24) is 15.0 Å². The second kappa shape index (κ2) is 14.2. The first kappa shape index (κ1) is 27.2. The van der Waals surface area contributed by atoms with Crippen molar-refractivity contribution in [1.29, 1.82) is 0 Å². The molecule has 2 N–H and O–H groups in total. The highest BCUT2D eigenvalue weighted by Crippen LogP contribution is 2.11. The molecule has 0 atom stereocenters. The lowest BCUT2D eigenvalue weighted by molar-refractivity contribution is -0.386. The number of nitrogens with zero attached hydrogens (tertiary/aromatic N) is 2. The van der Waals surface area contributed by atoms with E-state index < -0.39 is 16.2 Å². The van der Waals surface area contributed by atoms with Gasteiger partial charge in [0.15, 0.2) is 0 Å². The van der Waals surface area contributed by atoms with Crippen LogP contribution < -0.4 is 15.9 Å². The minimum atomic E-state index is -0.733. The first-order chi connectivity index (χ1) is 13.2. The van der Waals surface area contributed by atoms with E-state index in [1.165, 1.54) is 12.3 Å². The third kappa shape index (κ3) is 11.1. The molecule has 3 rings (SSSR count). The molecular weight excluding hydrogens is 648 g/mol. The van der Waals surface area contributed by atoms with Gasteiger partial charge in [0.2, 0.25) is 11.4 Å². The van der Waals surface area contributed by atoms with Crippen molar-refractivity contribution in [2.75, 3.05) is 7.11 Å². The van der Waals surface area contributed by atoms with Crippen molar-refractivity contribution in [2.24, 2.45) is 0 Å². The third-order valence-corrected chi connectivity index (χ3v) is 4.12. The molecule has 0 amide bonds. The lowest BCUT2D eigenvalue weighted by Crippen LogP contribution is -2.09. The van der Waals surface area contributed by atoms with Gasteiger partial charge >= 0.3 is 11.2 Å². The first-order valence-corrected chi connectivity index (χ1v) is 9.63. The van der Waals surface area contributed by atoms with Crippen molar-refractivity contribution in [3.05, 3.63) is 93.2 Å². The van der Waals surface area contributed by atoms with Crippen LogP contribution in [-0.2, 0) is 0 Å². The number of halogens is 4. The summed E-state index contributed by atoms with van der Waals surface area (Å²) in [6, 6.07) is 7.98. The number of nitro groups is 1. The molecule has 13 heteroatoms. The topological polar surface area (TPSA) is 131 Å². The molecule has 3 aromatic rings. The molecule has 0 aliphatic heterocycles. The van der Waals surface area contributed by atoms with Gasteiger partial charge in [0, 0.05) is 50.2 Å². The van der Waals surface area contributed by atoms with E-state index in [0.29, 0.717) is 10.4 Å². The molecule has 0 aliphatic carbocycles. The number of methoxy groups -OCH3 is 1. The average Bonchev–Trinajstić information content (AvgIpc) is 2.67. The molecule has 0 aromatic carbocycles. The Bertz CT molecular complexity index is 1000. The number of H-pyrrole nitrogens is 2. The second-order valence-corrected chi connectivity index (χ2v) is 7.43. The Kier molecular flexibility index (Phi) is 13.3. The molecular formula is C16H14Br4N4O5. The number of pyridine rings is 3. The van der Waals surface area contributed by atoms with Gasteiger partial charge in [-0.3, -0.25) is 19.7 Å². The van der Waals surface area contributed by atoms with Crippen molar-refractivity contribution in [3.63, 3.8) is 0 Å². The number of nitrogens with one attached hydrogen (secondary N) is 2. The molecule has 9 nitrogen and oxygen atoms in total. The summed E-state index contributed by atoms with van der Waals surface area (Å²) in [6.07, 6.45) is 4.64. The molecule has 3 aromatic heterocycles. The maximum absolute atomic E-state index is 10.7. The summed E-state index contributed by atoms with van der Waals surface area (Å²) in [7, 11) is 1.59. The van der Waals surface area contributed by atoms with E-state index >= 15 is 0 Å². The fraction of sp³-hybridized carbons (Fsp3) is 0.0625.